The minimum atomic E-state index is 0.447. The van der Waals surface area contributed by atoms with Gasteiger partial charge in [-0.15, -0.1) is 0 Å². The van der Waals surface area contributed by atoms with Crippen molar-refractivity contribution in [3.05, 3.63) is 82.3 Å². The molecule has 0 radical (unpaired) electrons. The number of hydrogen-bond donors (Lipinski definition) is 1. The van der Waals surface area contributed by atoms with Gasteiger partial charge in [-0.05, 0) is 54.8 Å². The molecule has 5 heteroatoms. The second kappa shape index (κ2) is 9.49. The van der Waals surface area contributed by atoms with Crippen molar-refractivity contribution in [1.29, 1.82) is 0 Å². The Morgan fingerprint density at radius 1 is 1.04 bits per heavy atom. The van der Waals surface area contributed by atoms with E-state index in [0.29, 0.717) is 42.8 Å². The first-order valence-corrected chi connectivity index (χ1v) is 9.40. The van der Waals surface area contributed by atoms with E-state index in [4.69, 9.17) is 25.5 Å². The Bertz CT molecular complexity index is 862. The molecule has 3 aromatic rings. The van der Waals surface area contributed by atoms with E-state index >= 15 is 0 Å². The summed E-state index contributed by atoms with van der Waals surface area (Å²) in [5.74, 6) is 2.13. The fraction of sp³-hybridized carbons (Fsp3) is 0.273. The lowest BCUT2D eigenvalue weighted by molar-refractivity contribution is 0.268. The minimum absolute atomic E-state index is 0.447. The minimum Gasteiger partial charge on any atom is -0.490 e. The Morgan fingerprint density at radius 2 is 1.89 bits per heavy atom. The molecule has 0 unspecified atom stereocenters. The van der Waals surface area contributed by atoms with Crippen LogP contribution in [0.25, 0.3) is 0 Å². The predicted octanol–water partition coefficient (Wildman–Crippen LogP) is 5.51. The van der Waals surface area contributed by atoms with Crippen molar-refractivity contribution in [3.63, 3.8) is 0 Å². The third-order valence-corrected chi connectivity index (χ3v) is 4.49. The summed E-state index contributed by atoms with van der Waals surface area (Å²) in [4.78, 5) is 0. The lowest BCUT2D eigenvalue weighted by Gasteiger charge is -2.16. The van der Waals surface area contributed by atoms with Crippen LogP contribution in [0.15, 0.2) is 59.2 Å². The lowest BCUT2D eigenvalue weighted by atomic mass is 10.1. The number of hydrogen-bond acceptors (Lipinski definition) is 4. The van der Waals surface area contributed by atoms with Crippen LogP contribution in [0, 0.1) is 6.92 Å². The summed E-state index contributed by atoms with van der Waals surface area (Å²) in [6.45, 7) is 6.31. The summed E-state index contributed by atoms with van der Waals surface area (Å²) in [5.41, 5.74) is 3.34. The summed E-state index contributed by atoms with van der Waals surface area (Å²) in [7, 11) is 0. The largest absolute Gasteiger partial charge is 0.490 e. The standard InChI is InChI=1S/C22H24ClNO3/c1-3-25-21-12-17(13-24-14-19-9-6-10-26-19)11-20(23)22(21)27-15-18-8-5-4-7-16(18)2/h4-12,24H,3,13-15H2,1-2H3. The average molecular weight is 386 g/mol. The number of nitrogens with one attached hydrogen (secondary N) is 1. The van der Waals surface area contributed by atoms with Crippen LogP contribution in [0.2, 0.25) is 5.02 Å². The molecule has 0 aliphatic heterocycles. The molecule has 0 spiro atoms. The highest BCUT2D eigenvalue weighted by molar-refractivity contribution is 6.32. The SMILES string of the molecule is CCOc1cc(CNCc2ccco2)cc(Cl)c1OCc1ccccc1C. The van der Waals surface area contributed by atoms with Gasteiger partial charge in [0.2, 0.25) is 0 Å². The zero-order valence-electron chi connectivity index (χ0n) is 15.6. The smallest absolute Gasteiger partial charge is 0.180 e. The first-order chi connectivity index (χ1) is 13.2. The summed E-state index contributed by atoms with van der Waals surface area (Å²) in [6.07, 6.45) is 1.67. The van der Waals surface area contributed by atoms with Crippen LogP contribution in [0.1, 0.15) is 29.4 Å². The second-order valence-electron chi connectivity index (χ2n) is 6.24. The van der Waals surface area contributed by atoms with Crippen molar-refractivity contribution < 1.29 is 13.9 Å². The van der Waals surface area contributed by atoms with E-state index in [1.807, 2.05) is 43.3 Å². The molecule has 1 N–H and O–H groups in total. The van der Waals surface area contributed by atoms with Crippen molar-refractivity contribution in [2.75, 3.05) is 6.61 Å². The topological polar surface area (TPSA) is 43.6 Å². The van der Waals surface area contributed by atoms with Gasteiger partial charge in [-0.25, -0.2) is 0 Å². The van der Waals surface area contributed by atoms with Gasteiger partial charge in [-0.3, -0.25) is 0 Å². The van der Waals surface area contributed by atoms with Gasteiger partial charge < -0.3 is 19.2 Å². The molecule has 1 heterocycles. The maximum atomic E-state index is 6.50. The Hall–Kier alpha value is -2.43. The Kier molecular flexibility index (Phi) is 6.80. The van der Waals surface area contributed by atoms with Crippen LogP contribution in [-0.2, 0) is 19.7 Å². The molecule has 0 fully saturated rings. The maximum Gasteiger partial charge on any atom is 0.180 e. The third kappa shape index (κ3) is 5.28. The van der Waals surface area contributed by atoms with Gasteiger partial charge in [0.1, 0.15) is 12.4 Å². The third-order valence-electron chi connectivity index (χ3n) is 4.21. The van der Waals surface area contributed by atoms with Crippen molar-refractivity contribution in [1.82, 2.24) is 5.32 Å². The molecule has 0 aliphatic carbocycles. The van der Waals surface area contributed by atoms with Crippen LogP contribution in [-0.4, -0.2) is 6.61 Å². The quantitative estimate of drug-likeness (QED) is 0.527. The molecule has 0 amide bonds. The van der Waals surface area contributed by atoms with Gasteiger partial charge >= 0.3 is 0 Å². The summed E-state index contributed by atoms with van der Waals surface area (Å²) >= 11 is 6.50. The number of rotatable bonds is 9. The normalized spacial score (nSPS) is 10.8. The van der Waals surface area contributed by atoms with E-state index in [9.17, 15) is 0 Å². The van der Waals surface area contributed by atoms with Crippen molar-refractivity contribution >= 4 is 11.6 Å². The van der Waals surface area contributed by atoms with Crippen LogP contribution in [0.5, 0.6) is 11.5 Å². The number of ether oxygens (including phenoxy) is 2. The molecule has 3 rings (SSSR count). The first kappa shape index (κ1) is 19.3. The summed E-state index contributed by atoms with van der Waals surface area (Å²) in [6, 6.07) is 15.8. The number of halogens is 1. The highest BCUT2D eigenvalue weighted by atomic mass is 35.5. The van der Waals surface area contributed by atoms with Gasteiger partial charge in [0.25, 0.3) is 0 Å². The molecule has 2 aromatic carbocycles. The lowest BCUT2D eigenvalue weighted by Crippen LogP contribution is -2.12. The molecule has 27 heavy (non-hydrogen) atoms. The van der Waals surface area contributed by atoms with Gasteiger partial charge in [0.05, 0.1) is 24.4 Å². The highest BCUT2D eigenvalue weighted by Crippen LogP contribution is 2.37. The van der Waals surface area contributed by atoms with E-state index in [2.05, 4.69) is 24.4 Å². The van der Waals surface area contributed by atoms with Crippen LogP contribution < -0.4 is 14.8 Å². The molecule has 0 atom stereocenters. The van der Waals surface area contributed by atoms with Crippen LogP contribution in [0.3, 0.4) is 0 Å². The van der Waals surface area contributed by atoms with E-state index in [1.165, 1.54) is 5.56 Å². The van der Waals surface area contributed by atoms with Gasteiger partial charge in [-0.2, -0.15) is 0 Å². The molecule has 4 nitrogen and oxygen atoms in total. The van der Waals surface area contributed by atoms with E-state index < -0.39 is 0 Å². The summed E-state index contributed by atoms with van der Waals surface area (Å²) < 4.78 is 17.1. The fourth-order valence-corrected chi connectivity index (χ4v) is 3.08. The molecule has 0 saturated carbocycles. The van der Waals surface area contributed by atoms with Crippen LogP contribution >= 0.6 is 11.6 Å². The van der Waals surface area contributed by atoms with Gasteiger partial charge in [0, 0.05) is 6.54 Å². The molecular weight excluding hydrogens is 362 g/mol. The van der Waals surface area contributed by atoms with E-state index in [1.54, 1.807) is 6.26 Å². The molecule has 0 aliphatic rings. The Balaban J connectivity index is 1.70. The average Bonchev–Trinajstić information content (AvgIpc) is 3.16. The molecule has 0 bridgehead atoms. The molecular formula is C22H24ClNO3. The maximum absolute atomic E-state index is 6.50. The predicted molar refractivity (Wildman–Crippen MR) is 107 cm³/mol. The first-order valence-electron chi connectivity index (χ1n) is 9.03. The van der Waals surface area contributed by atoms with Crippen molar-refractivity contribution in [2.45, 2.75) is 33.5 Å². The monoisotopic (exact) mass is 385 g/mol. The van der Waals surface area contributed by atoms with E-state index in [0.717, 1.165) is 16.9 Å². The van der Waals surface area contributed by atoms with Crippen molar-refractivity contribution in [2.24, 2.45) is 0 Å². The zero-order chi connectivity index (χ0) is 19.1. The zero-order valence-corrected chi connectivity index (χ0v) is 16.4. The fourth-order valence-electron chi connectivity index (χ4n) is 2.79. The second-order valence-corrected chi connectivity index (χ2v) is 6.64. The van der Waals surface area contributed by atoms with E-state index in [-0.39, 0.29) is 0 Å². The number of benzene rings is 2. The molecule has 0 saturated heterocycles. The Morgan fingerprint density at radius 3 is 2.63 bits per heavy atom. The molecule has 1 aromatic heterocycles. The number of furan rings is 1. The van der Waals surface area contributed by atoms with Crippen molar-refractivity contribution in [3.8, 4) is 11.5 Å². The molecule has 142 valence electrons. The van der Waals surface area contributed by atoms with Gasteiger partial charge in [0.15, 0.2) is 11.5 Å². The van der Waals surface area contributed by atoms with Crippen LogP contribution in [0.4, 0.5) is 0 Å². The summed E-state index contributed by atoms with van der Waals surface area (Å²) in [5, 5.41) is 3.88. The Labute approximate surface area is 165 Å². The van der Waals surface area contributed by atoms with Gasteiger partial charge in [-0.1, -0.05) is 35.9 Å². The highest BCUT2D eigenvalue weighted by Gasteiger charge is 2.13. The number of aryl methyl sites for hydroxylation is 1.